The minimum Gasteiger partial charge on any atom is -0.508 e. The van der Waals surface area contributed by atoms with Gasteiger partial charge in [0.1, 0.15) is 5.75 Å². The van der Waals surface area contributed by atoms with Crippen LogP contribution >= 0.6 is 11.3 Å². The van der Waals surface area contributed by atoms with Crippen LogP contribution in [0, 0.1) is 0 Å². The maximum Gasteiger partial charge on any atom is 0.231 e. The highest BCUT2D eigenvalue weighted by molar-refractivity contribution is 7.07. The average Bonchev–Trinajstić information content (AvgIpc) is 3.42. The Bertz CT molecular complexity index is 1280. The van der Waals surface area contributed by atoms with Gasteiger partial charge in [0.25, 0.3) is 0 Å². The Morgan fingerprint density at radius 1 is 0.933 bits per heavy atom. The van der Waals surface area contributed by atoms with Crippen LogP contribution in [0.5, 0.6) is 17.2 Å². The monoisotopic (exact) mass is 415 g/mol. The molecule has 0 amide bonds. The summed E-state index contributed by atoms with van der Waals surface area (Å²) < 4.78 is 12.8. The van der Waals surface area contributed by atoms with Crippen molar-refractivity contribution < 1.29 is 14.6 Å². The second-order valence-electron chi connectivity index (χ2n) is 6.58. The molecule has 30 heavy (non-hydrogen) atoms. The molecule has 5 rings (SSSR count). The summed E-state index contributed by atoms with van der Waals surface area (Å²) in [5.41, 5.74) is 3.82. The van der Waals surface area contributed by atoms with Crippen molar-refractivity contribution in [1.29, 1.82) is 0 Å². The molecule has 0 unspecified atom stereocenters. The van der Waals surface area contributed by atoms with E-state index in [0.717, 1.165) is 33.1 Å². The van der Waals surface area contributed by atoms with Gasteiger partial charge in [-0.15, -0.1) is 16.4 Å². The van der Waals surface area contributed by atoms with Gasteiger partial charge in [-0.2, -0.15) is 5.10 Å². The topological polar surface area (TPSA) is 68.3 Å². The van der Waals surface area contributed by atoms with Crippen molar-refractivity contribution in [2.24, 2.45) is 10.2 Å². The number of ether oxygens (including phenoxy) is 2. The standard InChI is InChI=1S/C23H17N3O3S/c27-19-9-7-17(8-10-19)20-14-30-23(26(20)18-4-2-1-3-5-18)25-24-13-16-6-11-21-22(12-16)29-15-28-21/h1-14,27H,15H2. The van der Waals surface area contributed by atoms with Gasteiger partial charge in [-0.05, 0) is 65.7 Å². The number of hydrogen-bond donors (Lipinski definition) is 1. The third-order valence-corrected chi connectivity index (χ3v) is 5.45. The van der Waals surface area contributed by atoms with Crippen molar-refractivity contribution >= 4 is 17.6 Å². The zero-order valence-electron chi connectivity index (χ0n) is 15.8. The van der Waals surface area contributed by atoms with Crippen LogP contribution in [0.4, 0.5) is 0 Å². The molecule has 0 spiro atoms. The molecule has 6 nitrogen and oxygen atoms in total. The molecule has 1 aliphatic heterocycles. The van der Waals surface area contributed by atoms with Crippen molar-refractivity contribution in [2.45, 2.75) is 0 Å². The zero-order valence-corrected chi connectivity index (χ0v) is 16.6. The van der Waals surface area contributed by atoms with Crippen LogP contribution in [0.15, 0.2) is 88.4 Å². The number of phenolic OH excluding ortho intramolecular Hbond substituents is 1. The molecule has 2 heterocycles. The molecule has 1 N–H and O–H groups in total. The summed E-state index contributed by atoms with van der Waals surface area (Å²) in [4.78, 5) is 0.737. The molecule has 0 radical (unpaired) electrons. The van der Waals surface area contributed by atoms with Crippen LogP contribution in [0.1, 0.15) is 5.56 Å². The number of aromatic hydroxyl groups is 1. The number of aromatic nitrogens is 1. The zero-order chi connectivity index (χ0) is 20.3. The Kier molecular flexibility index (Phi) is 4.78. The maximum atomic E-state index is 9.62. The third kappa shape index (κ3) is 3.58. The molecule has 148 valence electrons. The number of fused-ring (bicyclic) bond motifs is 1. The summed E-state index contributed by atoms with van der Waals surface area (Å²) in [6, 6.07) is 22.8. The molecule has 0 aliphatic carbocycles. The first-order valence-electron chi connectivity index (χ1n) is 9.30. The summed E-state index contributed by atoms with van der Waals surface area (Å²) in [6.45, 7) is 0.243. The van der Waals surface area contributed by atoms with Crippen molar-refractivity contribution in [3.8, 4) is 34.2 Å². The summed E-state index contributed by atoms with van der Waals surface area (Å²) in [5.74, 6) is 1.69. The fraction of sp³-hybridized carbons (Fsp3) is 0.0435. The van der Waals surface area contributed by atoms with E-state index < -0.39 is 0 Å². The van der Waals surface area contributed by atoms with Crippen molar-refractivity contribution in [1.82, 2.24) is 4.57 Å². The minimum atomic E-state index is 0.235. The van der Waals surface area contributed by atoms with E-state index in [0.29, 0.717) is 5.75 Å². The van der Waals surface area contributed by atoms with Crippen molar-refractivity contribution in [2.75, 3.05) is 6.79 Å². The Morgan fingerprint density at radius 3 is 2.57 bits per heavy atom. The molecule has 0 fully saturated rings. The Labute approximate surface area is 176 Å². The van der Waals surface area contributed by atoms with Gasteiger partial charge in [-0.3, -0.25) is 4.57 Å². The quantitative estimate of drug-likeness (QED) is 0.392. The normalized spacial score (nSPS) is 13.3. The van der Waals surface area contributed by atoms with E-state index in [-0.39, 0.29) is 12.5 Å². The fourth-order valence-corrected chi connectivity index (χ4v) is 4.04. The Morgan fingerprint density at radius 2 is 1.73 bits per heavy atom. The summed E-state index contributed by atoms with van der Waals surface area (Å²) >= 11 is 1.50. The van der Waals surface area contributed by atoms with E-state index in [1.807, 2.05) is 70.6 Å². The van der Waals surface area contributed by atoms with Crippen LogP contribution in [0.25, 0.3) is 16.9 Å². The molecule has 3 aromatic carbocycles. The lowest BCUT2D eigenvalue weighted by atomic mass is 10.1. The lowest BCUT2D eigenvalue weighted by Gasteiger charge is -2.09. The number of hydrogen-bond acceptors (Lipinski definition) is 6. The van der Waals surface area contributed by atoms with E-state index in [1.54, 1.807) is 18.3 Å². The molecule has 1 aromatic heterocycles. The van der Waals surface area contributed by atoms with Gasteiger partial charge in [0, 0.05) is 11.1 Å². The van der Waals surface area contributed by atoms with Crippen molar-refractivity contribution in [3.05, 3.63) is 88.5 Å². The highest BCUT2D eigenvalue weighted by Crippen LogP contribution is 2.32. The number of benzene rings is 3. The average molecular weight is 415 g/mol. The Hall–Kier alpha value is -3.84. The summed E-state index contributed by atoms with van der Waals surface area (Å²) in [6.07, 6.45) is 1.69. The molecule has 0 atom stereocenters. The van der Waals surface area contributed by atoms with Gasteiger partial charge in [-0.25, -0.2) is 0 Å². The molecular formula is C23H17N3O3S. The number of thiazole rings is 1. The van der Waals surface area contributed by atoms with Gasteiger partial charge < -0.3 is 14.6 Å². The largest absolute Gasteiger partial charge is 0.508 e. The Balaban J connectivity index is 1.55. The molecule has 0 bridgehead atoms. The number of nitrogens with zero attached hydrogens (tertiary/aromatic N) is 3. The predicted octanol–water partition coefficient (Wildman–Crippen LogP) is 4.57. The van der Waals surface area contributed by atoms with Gasteiger partial charge in [0.05, 0.1) is 11.9 Å². The van der Waals surface area contributed by atoms with Gasteiger partial charge >= 0.3 is 0 Å². The number of rotatable bonds is 4. The van der Waals surface area contributed by atoms with Gasteiger partial charge in [0.2, 0.25) is 11.6 Å². The van der Waals surface area contributed by atoms with E-state index in [1.165, 1.54) is 11.3 Å². The molecule has 0 saturated carbocycles. The van der Waals surface area contributed by atoms with Crippen LogP contribution < -0.4 is 14.3 Å². The van der Waals surface area contributed by atoms with Crippen LogP contribution in [-0.2, 0) is 0 Å². The summed E-state index contributed by atoms with van der Waals surface area (Å²) in [5, 5.41) is 20.4. The predicted molar refractivity (Wildman–Crippen MR) is 116 cm³/mol. The van der Waals surface area contributed by atoms with E-state index in [4.69, 9.17) is 9.47 Å². The van der Waals surface area contributed by atoms with Gasteiger partial charge in [-0.1, -0.05) is 18.2 Å². The highest BCUT2D eigenvalue weighted by atomic mass is 32.1. The fourth-order valence-electron chi connectivity index (χ4n) is 3.18. The van der Waals surface area contributed by atoms with Crippen LogP contribution in [-0.4, -0.2) is 22.7 Å². The molecular weight excluding hydrogens is 398 g/mol. The second kappa shape index (κ2) is 7.88. The number of phenols is 1. The second-order valence-corrected chi connectivity index (χ2v) is 7.42. The molecule has 7 heteroatoms. The molecule has 0 saturated heterocycles. The van der Waals surface area contributed by atoms with Crippen LogP contribution in [0.3, 0.4) is 0 Å². The highest BCUT2D eigenvalue weighted by Gasteiger charge is 2.13. The van der Waals surface area contributed by atoms with Crippen LogP contribution in [0.2, 0.25) is 0 Å². The minimum absolute atomic E-state index is 0.235. The number of para-hydroxylation sites is 1. The van der Waals surface area contributed by atoms with Gasteiger partial charge in [0.15, 0.2) is 11.5 Å². The smallest absolute Gasteiger partial charge is 0.231 e. The first-order valence-corrected chi connectivity index (χ1v) is 10.2. The SMILES string of the molecule is Oc1ccc(-c2csc(=NN=Cc3ccc4c(c3)OCO4)n2-c2ccccc2)cc1. The maximum absolute atomic E-state index is 9.62. The van der Waals surface area contributed by atoms with E-state index >= 15 is 0 Å². The lowest BCUT2D eigenvalue weighted by Crippen LogP contribution is -2.13. The van der Waals surface area contributed by atoms with E-state index in [2.05, 4.69) is 10.2 Å². The van der Waals surface area contributed by atoms with E-state index in [9.17, 15) is 5.11 Å². The molecule has 4 aromatic rings. The lowest BCUT2D eigenvalue weighted by molar-refractivity contribution is 0.174. The van der Waals surface area contributed by atoms with Crippen molar-refractivity contribution in [3.63, 3.8) is 0 Å². The molecule has 1 aliphatic rings. The third-order valence-electron chi connectivity index (χ3n) is 4.63. The summed E-state index contributed by atoms with van der Waals surface area (Å²) in [7, 11) is 0. The first kappa shape index (κ1) is 18.2. The first-order chi connectivity index (χ1) is 14.8.